The number of anilines is 1. The predicted molar refractivity (Wildman–Crippen MR) is 107 cm³/mol. The molecule has 2 aromatic rings. The highest BCUT2D eigenvalue weighted by molar-refractivity contribution is 6.39. The molecule has 0 spiro atoms. The standard InChI is InChI=1S/C21H18N2O7/c1-3-30-17-11-12(4-9-16(17)29-2)10-15-18(24)22-21(28)23(19(15)25)14-7-5-13(6-8-14)20(26)27/h4-11H,3H2,1-2H3,(H,26,27)(H,22,24,28)/b15-10+. The van der Waals surface area contributed by atoms with Crippen molar-refractivity contribution in [1.29, 1.82) is 0 Å². The van der Waals surface area contributed by atoms with Gasteiger partial charge in [0.25, 0.3) is 11.8 Å². The molecule has 3 rings (SSSR count). The number of nitrogens with one attached hydrogen (secondary N) is 1. The molecule has 1 aliphatic rings. The van der Waals surface area contributed by atoms with Crippen LogP contribution in [0.5, 0.6) is 11.5 Å². The summed E-state index contributed by atoms with van der Waals surface area (Å²) in [6.07, 6.45) is 1.34. The third-order valence-corrected chi connectivity index (χ3v) is 4.27. The Morgan fingerprint density at radius 1 is 1.10 bits per heavy atom. The molecule has 9 nitrogen and oxygen atoms in total. The Morgan fingerprint density at radius 3 is 2.40 bits per heavy atom. The number of methoxy groups -OCH3 is 1. The molecule has 9 heteroatoms. The number of benzene rings is 2. The molecule has 154 valence electrons. The van der Waals surface area contributed by atoms with Crippen molar-refractivity contribution in [2.24, 2.45) is 0 Å². The molecule has 0 aliphatic carbocycles. The SMILES string of the molecule is CCOc1cc(/C=C2\C(=O)NC(=O)N(c3ccc(C(=O)O)cc3)C2=O)ccc1OC. The van der Waals surface area contributed by atoms with Gasteiger partial charge >= 0.3 is 12.0 Å². The van der Waals surface area contributed by atoms with Crippen molar-refractivity contribution in [2.45, 2.75) is 6.92 Å². The molecule has 1 heterocycles. The van der Waals surface area contributed by atoms with Gasteiger partial charge in [-0.1, -0.05) is 6.07 Å². The summed E-state index contributed by atoms with van der Waals surface area (Å²) < 4.78 is 10.7. The van der Waals surface area contributed by atoms with Crippen LogP contribution in [-0.2, 0) is 9.59 Å². The first-order chi connectivity index (χ1) is 14.3. The second-order valence-corrected chi connectivity index (χ2v) is 6.15. The van der Waals surface area contributed by atoms with E-state index in [1.165, 1.54) is 37.5 Å². The lowest BCUT2D eigenvalue weighted by Gasteiger charge is -2.26. The van der Waals surface area contributed by atoms with Crippen LogP contribution >= 0.6 is 0 Å². The molecule has 0 saturated carbocycles. The van der Waals surface area contributed by atoms with Crippen molar-refractivity contribution in [3.63, 3.8) is 0 Å². The summed E-state index contributed by atoms with van der Waals surface area (Å²) in [5.41, 5.74) is 0.362. The summed E-state index contributed by atoms with van der Waals surface area (Å²) in [5.74, 6) is -1.88. The molecule has 1 aliphatic heterocycles. The highest BCUT2D eigenvalue weighted by Gasteiger charge is 2.36. The number of nitrogens with zero attached hydrogens (tertiary/aromatic N) is 1. The lowest BCUT2D eigenvalue weighted by molar-refractivity contribution is -0.122. The van der Waals surface area contributed by atoms with E-state index in [1.807, 2.05) is 6.92 Å². The minimum absolute atomic E-state index is 0.00264. The molecule has 2 aromatic carbocycles. The molecule has 0 aromatic heterocycles. The third kappa shape index (κ3) is 4.00. The van der Waals surface area contributed by atoms with E-state index in [0.29, 0.717) is 23.7 Å². The number of carboxylic acid groups (broad SMARTS) is 1. The summed E-state index contributed by atoms with van der Waals surface area (Å²) in [6.45, 7) is 2.20. The molecule has 0 atom stereocenters. The van der Waals surface area contributed by atoms with E-state index >= 15 is 0 Å². The molecule has 0 unspecified atom stereocenters. The van der Waals surface area contributed by atoms with Gasteiger partial charge in [0.2, 0.25) is 0 Å². The Kier molecular flexibility index (Phi) is 5.82. The maximum absolute atomic E-state index is 12.9. The number of barbiturate groups is 1. The fourth-order valence-electron chi connectivity index (χ4n) is 2.86. The predicted octanol–water partition coefficient (Wildman–Crippen LogP) is 2.46. The maximum Gasteiger partial charge on any atom is 0.335 e. The third-order valence-electron chi connectivity index (χ3n) is 4.27. The van der Waals surface area contributed by atoms with Crippen LogP contribution < -0.4 is 19.7 Å². The number of carbonyl (C=O) groups is 4. The molecular formula is C21H18N2O7. The summed E-state index contributed by atoms with van der Waals surface area (Å²) >= 11 is 0. The van der Waals surface area contributed by atoms with Gasteiger partial charge in [-0.25, -0.2) is 14.5 Å². The van der Waals surface area contributed by atoms with Crippen LogP contribution in [0.3, 0.4) is 0 Å². The number of hydrogen-bond acceptors (Lipinski definition) is 6. The Labute approximate surface area is 171 Å². The first-order valence-electron chi connectivity index (χ1n) is 8.91. The second kappa shape index (κ2) is 8.48. The van der Waals surface area contributed by atoms with Crippen LogP contribution in [0.25, 0.3) is 6.08 Å². The Morgan fingerprint density at radius 2 is 1.80 bits per heavy atom. The molecule has 1 fully saturated rings. The van der Waals surface area contributed by atoms with E-state index in [1.54, 1.807) is 18.2 Å². The minimum Gasteiger partial charge on any atom is -0.493 e. The highest BCUT2D eigenvalue weighted by atomic mass is 16.5. The number of carbonyl (C=O) groups excluding carboxylic acids is 3. The van der Waals surface area contributed by atoms with Crippen molar-refractivity contribution >= 4 is 35.6 Å². The van der Waals surface area contributed by atoms with Crippen molar-refractivity contribution in [2.75, 3.05) is 18.6 Å². The van der Waals surface area contributed by atoms with E-state index in [9.17, 15) is 19.2 Å². The summed E-state index contributed by atoms with van der Waals surface area (Å²) in [6, 6.07) is 9.11. The quantitative estimate of drug-likeness (QED) is 0.554. The zero-order valence-corrected chi connectivity index (χ0v) is 16.2. The van der Waals surface area contributed by atoms with Crippen LogP contribution in [-0.4, -0.2) is 42.6 Å². The van der Waals surface area contributed by atoms with Crippen molar-refractivity contribution in [3.8, 4) is 11.5 Å². The number of aromatic carboxylic acids is 1. The Bertz CT molecular complexity index is 1060. The monoisotopic (exact) mass is 410 g/mol. The molecule has 30 heavy (non-hydrogen) atoms. The van der Waals surface area contributed by atoms with Gasteiger partial charge in [0, 0.05) is 0 Å². The molecular weight excluding hydrogens is 392 g/mol. The molecule has 1 saturated heterocycles. The Hall–Kier alpha value is -4.14. The van der Waals surface area contributed by atoms with Crippen LogP contribution in [0.4, 0.5) is 10.5 Å². The lowest BCUT2D eigenvalue weighted by Crippen LogP contribution is -2.54. The van der Waals surface area contributed by atoms with E-state index in [0.717, 1.165) is 4.90 Å². The van der Waals surface area contributed by atoms with E-state index in [2.05, 4.69) is 5.32 Å². The van der Waals surface area contributed by atoms with Crippen LogP contribution in [0.2, 0.25) is 0 Å². The second-order valence-electron chi connectivity index (χ2n) is 6.15. The number of urea groups is 1. The van der Waals surface area contributed by atoms with Crippen LogP contribution in [0, 0.1) is 0 Å². The van der Waals surface area contributed by atoms with Crippen molar-refractivity contribution in [3.05, 3.63) is 59.2 Å². The first kappa shape index (κ1) is 20.6. The number of rotatable bonds is 6. The minimum atomic E-state index is -1.14. The fourth-order valence-corrected chi connectivity index (χ4v) is 2.86. The highest BCUT2D eigenvalue weighted by Crippen LogP contribution is 2.30. The first-order valence-corrected chi connectivity index (χ1v) is 8.91. The van der Waals surface area contributed by atoms with Crippen LogP contribution in [0.1, 0.15) is 22.8 Å². The number of hydrogen-bond donors (Lipinski definition) is 2. The van der Waals surface area contributed by atoms with E-state index in [-0.39, 0.29) is 16.8 Å². The van der Waals surface area contributed by atoms with Gasteiger partial charge in [-0.2, -0.15) is 0 Å². The zero-order chi connectivity index (χ0) is 21.8. The van der Waals surface area contributed by atoms with Gasteiger partial charge in [0.1, 0.15) is 5.57 Å². The van der Waals surface area contributed by atoms with Gasteiger partial charge in [0.05, 0.1) is 25.0 Å². The smallest absolute Gasteiger partial charge is 0.335 e. The lowest BCUT2D eigenvalue weighted by atomic mass is 10.1. The van der Waals surface area contributed by atoms with Gasteiger partial charge in [0.15, 0.2) is 11.5 Å². The van der Waals surface area contributed by atoms with Crippen molar-refractivity contribution < 1.29 is 33.8 Å². The zero-order valence-electron chi connectivity index (χ0n) is 16.2. The van der Waals surface area contributed by atoms with Gasteiger partial charge in [-0.05, 0) is 55.0 Å². The molecule has 0 bridgehead atoms. The van der Waals surface area contributed by atoms with Gasteiger partial charge in [-0.3, -0.25) is 14.9 Å². The summed E-state index contributed by atoms with van der Waals surface area (Å²) in [4.78, 5) is 49.2. The topological polar surface area (TPSA) is 122 Å². The number of imide groups is 2. The number of amides is 4. The van der Waals surface area contributed by atoms with Gasteiger partial charge in [-0.15, -0.1) is 0 Å². The molecule has 4 amide bonds. The average molecular weight is 410 g/mol. The fraction of sp³-hybridized carbons (Fsp3) is 0.143. The van der Waals surface area contributed by atoms with E-state index < -0.39 is 23.8 Å². The molecule has 0 radical (unpaired) electrons. The molecule has 2 N–H and O–H groups in total. The van der Waals surface area contributed by atoms with E-state index in [4.69, 9.17) is 14.6 Å². The Balaban J connectivity index is 1.98. The number of carboxylic acids is 1. The largest absolute Gasteiger partial charge is 0.493 e. The average Bonchev–Trinajstić information content (AvgIpc) is 2.72. The van der Waals surface area contributed by atoms with Gasteiger partial charge < -0.3 is 14.6 Å². The number of ether oxygens (including phenoxy) is 2. The summed E-state index contributed by atoms with van der Waals surface area (Å²) in [7, 11) is 1.49. The maximum atomic E-state index is 12.9. The van der Waals surface area contributed by atoms with Crippen molar-refractivity contribution in [1.82, 2.24) is 5.32 Å². The van der Waals surface area contributed by atoms with Crippen LogP contribution in [0.15, 0.2) is 48.0 Å². The normalized spacial score (nSPS) is 15.2. The summed E-state index contributed by atoms with van der Waals surface area (Å²) in [5, 5.41) is 11.1.